The Kier molecular flexibility index (Phi) is 4.96. The average Bonchev–Trinajstić information content (AvgIpc) is 2.91. The minimum Gasteiger partial charge on any atom is -0.484 e. The molecule has 6 heteroatoms. The van der Waals surface area contributed by atoms with Crippen LogP contribution in [0.4, 0.5) is 0 Å². The molecule has 0 N–H and O–H groups in total. The van der Waals surface area contributed by atoms with E-state index in [9.17, 15) is 14.4 Å². The fourth-order valence-electron chi connectivity index (χ4n) is 4.19. The summed E-state index contributed by atoms with van der Waals surface area (Å²) < 4.78 is 5.59. The number of hydrogen-bond donors (Lipinski definition) is 0. The lowest BCUT2D eigenvalue weighted by Gasteiger charge is -2.43. The number of fused-ring (bicyclic) bond motifs is 1. The number of carbonyl (C=O) groups excluding carboxylic acids is 3. The Hall–Kier alpha value is -2.63. The number of carbonyl (C=O) groups is 3. The molecule has 1 aromatic rings. The summed E-state index contributed by atoms with van der Waals surface area (Å²) in [6.45, 7) is 5.02. The third-order valence-corrected chi connectivity index (χ3v) is 6.03. The van der Waals surface area contributed by atoms with Crippen molar-refractivity contribution in [2.75, 3.05) is 19.7 Å². The van der Waals surface area contributed by atoms with Crippen LogP contribution in [-0.4, -0.2) is 53.3 Å². The minimum atomic E-state index is -0.209. The molecule has 0 aromatic heterocycles. The van der Waals surface area contributed by atoms with Gasteiger partial charge in [-0.25, -0.2) is 0 Å². The van der Waals surface area contributed by atoms with Gasteiger partial charge in [0.2, 0.25) is 11.8 Å². The summed E-state index contributed by atoms with van der Waals surface area (Å²) >= 11 is 0. The number of rotatable bonds is 5. The maximum absolute atomic E-state index is 12.6. The first kappa shape index (κ1) is 18.7. The molecule has 28 heavy (non-hydrogen) atoms. The van der Waals surface area contributed by atoms with Gasteiger partial charge in [-0.05, 0) is 36.5 Å². The number of ether oxygens (including phenoxy) is 1. The smallest absolute Gasteiger partial charge is 0.260 e. The van der Waals surface area contributed by atoms with Crippen molar-refractivity contribution in [3.05, 3.63) is 42.0 Å². The van der Waals surface area contributed by atoms with Gasteiger partial charge in [0, 0.05) is 13.1 Å². The maximum Gasteiger partial charge on any atom is 0.260 e. The maximum atomic E-state index is 12.6. The van der Waals surface area contributed by atoms with Crippen molar-refractivity contribution in [1.82, 2.24) is 9.80 Å². The Balaban J connectivity index is 1.27. The first-order valence-corrected chi connectivity index (χ1v) is 9.98. The summed E-state index contributed by atoms with van der Waals surface area (Å²) in [6, 6.07) is 7.56. The normalized spacial score (nSPS) is 24.5. The number of amides is 3. The van der Waals surface area contributed by atoms with Crippen LogP contribution in [0.15, 0.2) is 36.4 Å². The molecule has 2 heterocycles. The van der Waals surface area contributed by atoms with E-state index < -0.39 is 0 Å². The molecule has 1 aliphatic carbocycles. The summed E-state index contributed by atoms with van der Waals surface area (Å²) in [4.78, 5) is 40.6. The topological polar surface area (TPSA) is 66.9 Å². The molecule has 0 radical (unpaired) electrons. The van der Waals surface area contributed by atoms with Crippen molar-refractivity contribution < 1.29 is 19.1 Å². The largest absolute Gasteiger partial charge is 0.484 e. The summed E-state index contributed by atoms with van der Waals surface area (Å²) in [7, 11) is 0. The van der Waals surface area contributed by atoms with Crippen molar-refractivity contribution in [2.45, 2.75) is 38.6 Å². The average molecular weight is 382 g/mol. The van der Waals surface area contributed by atoms with Gasteiger partial charge < -0.3 is 9.64 Å². The zero-order valence-electron chi connectivity index (χ0n) is 16.3. The van der Waals surface area contributed by atoms with Crippen LogP contribution in [0.5, 0.6) is 5.75 Å². The standard InChI is InChI=1S/C22H26N2O4/c1-14(2)15-7-9-17(10-8-15)28-13-20(25)23-11-16(12-23)24-21(26)18-5-3-4-6-19(18)22(24)27/h3-4,7-10,14,16,18-19H,5-6,11-13H2,1-2H3/t18-,19-/m1/s1. The van der Waals surface area contributed by atoms with E-state index in [2.05, 4.69) is 13.8 Å². The van der Waals surface area contributed by atoms with Crippen LogP contribution in [0.2, 0.25) is 0 Å². The third-order valence-electron chi connectivity index (χ3n) is 6.03. The molecule has 0 saturated carbocycles. The molecule has 148 valence electrons. The van der Waals surface area contributed by atoms with Gasteiger partial charge in [-0.2, -0.15) is 0 Å². The lowest BCUT2D eigenvalue weighted by Crippen LogP contribution is -2.63. The van der Waals surface area contributed by atoms with Crippen LogP contribution in [0.1, 0.15) is 38.2 Å². The number of hydrogen-bond acceptors (Lipinski definition) is 4. The van der Waals surface area contributed by atoms with Crippen LogP contribution >= 0.6 is 0 Å². The van der Waals surface area contributed by atoms with E-state index in [4.69, 9.17) is 4.74 Å². The van der Waals surface area contributed by atoms with Crippen molar-refractivity contribution >= 4 is 17.7 Å². The molecule has 0 bridgehead atoms. The summed E-state index contributed by atoms with van der Waals surface area (Å²) in [6.07, 6.45) is 5.25. The molecule has 6 nitrogen and oxygen atoms in total. The van der Waals surface area contributed by atoms with Crippen LogP contribution in [0.3, 0.4) is 0 Å². The Morgan fingerprint density at radius 3 is 2.14 bits per heavy atom. The molecule has 1 aromatic carbocycles. The third kappa shape index (κ3) is 3.32. The number of allylic oxidation sites excluding steroid dienone is 2. The molecule has 0 unspecified atom stereocenters. The SMILES string of the molecule is CC(C)c1ccc(OCC(=O)N2CC(N3C(=O)[C@@H]4CC=CC[C@H]4C3=O)C2)cc1. The van der Waals surface area contributed by atoms with Gasteiger partial charge in [-0.15, -0.1) is 0 Å². The van der Waals surface area contributed by atoms with Gasteiger partial charge in [0.15, 0.2) is 6.61 Å². The molecule has 3 amide bonds. The second kappa shape index (κ2) is 7.41. The molecular formula is C22H26N2O4. The van der Waals surface area contributed by atoms with Gasteiger partial charge in [-0.3, -0.25) is 19.3 Å². The molecular weight excluding hydrogens is 356 g/mol. The number of benzene rings is 1. The molecule has 3 aliphatic rings. The quantitative estimate of drug-likeness (QED) is 0.579. The highest BCUT2D eigenvalue weighted by Gasteiger charge is 2.52. The minimum absolute atomic E-state index is 0.0369. The Morgan fingerprint density at radius 2 is 1.61 bits per heavy atom. The van der Waals surface area contributed by atoms with E-state index in [1.165, 1.54) is 10.5 Å². The lowest BCUT2D eigenvalue weighted by atomic mass is 9.85. The van der Waals surface area contributed by atoms with Crippen molar-refractivity contribution in [3.8, 4) is 5.75 Å². The predicted octanol–water partition coefficient (Wildman–Crippen LogP) is 2.35. The Bertz CT molecular complexity index is 782. The van der Waals surface area contributed by atoms with Crippen LogP contribution in [0.25, 0.3) is 0 Å². The highest BCUT2D eigenvalue weighted by Crippen LogP contribution is 2.37. The van der Waals surface area contributed by atoms with E-state index in [1.807, 2.05) is 36.4 Å². The van der Waals surface area contributed by atoms with Gasteiger partial charge in [0.1, 0.15) is 5.75 Å². The molecule has 0 spiro atoms. The molecule has 2 fully saturated rings. The van der Waals surface area contributed by atoms with Crippen LogP contribution in [0, 0.1) is 11.8 Å². The first-order valence-electron chi connectivity index (χ1n) is 9.98. The molecule has 2 aliphatic heterocycles. The summed E-state index contributed by atoms with van der Waals surface area (Å²) in [5, 5.41) is 0. The summed E-state index contributed by atoms with van der Waals surface area (Å²) in [5.41, 5.74) is 1.22. The fraction of sp³-hybridized carbons (Fsp3) is 0.500. The lowest BCUT2D eigenvalue weighted by molar-refractivity contribution is -0.153. The molecule has 2 atom stereocenters. The fourth-order valence-corrected chi connectivity index (χ4v) is 4.19. The number of nitrogens with zero attached hydrogens (tertiary/aromatic N) is 2. The zero-order chi connectivity index (χ0) is 19.8. The number of imide groups is 1. The Morgan fingerprint density at radius 1 is 1.04 bits per heavy atom. The van der Waals surface area contributed by atoms with E-state index in [0.717, 1.165) is 0 Å². The highest BCUT2D eigenvalue weighted by molar-refractivity contribution is 6.06. The van der Waals surface area contributed by atoms with Gasteiger partial charge in [0.05, 0.1) is 17.9 Å². The number of likely N-dealkylation sites (tertiary alicyclic amines) is 2. The monoisotopic (exact) mass is 382 g/mol. The molecule has 2 saturated heterocycles. The van der Waals surface area contributed by atoms with E-state index >= 15 is 0 Å². The predicted molar refractivity (Wildman–Crippen MR) is 104 cm³/mol. The van der Waals surface area contributed by atoms with Crippen LogP contribution in [-0.2, 0) is 14.4 Å². The van der Waals surface area contributed by atoms with E-state index in [0.29, 0.717) is 37.6 Å². The second-order valence-electron chi connectivity index (χ2n) is 8.17. The molecule has 4 rings (SSSR count). The van der Waals surface area contributed by atoms with Crippen molar-refractivity contribution in [3.63, 3.8) is 0 Å². The second-order valence-corrected chi connectivity index (χ2v) is 8.17. The first-order chi connectivity index (χ1) is 13.5. The summed E-state index contributed by atoms with van der Waals surface area (Å²) in [5.74, 6) is 0.428. The van der Waals surface area contributed by atoms with Gasteiger partial charge >= 0.3 is 0 Å². The highest BCUT2D eigenvalue weighted by atomic mass is 16.5. The van der Waals surface area contributed by atoms with Crippen molar-refractivity contribution in [2.24, 2.45) is 11.8 Å². The van der Waals surface area contributed by atoms with Gasteiger partial charge in [0.25, 0.3) is 5.91 Å². The van der Waals surface area contributed by atoms with Crippen molar-refractivity contribution in [1.29, 1.82) is 0 Å². The van der Waals surface area contributed by atoms with E-state index in [-0.39, 0.29) is 42.2 Å². The van der Waals surface area contributed by atoms with E-state index in [1.54, 1.807) is 4.90 Å². The Labute approximate surface area is 165 Å². The zero-order valence-corrected chi connectivity index (χ0v) is 16.3. The van der Waals surface area contributed by atoms with Gasteiger partial charge in [-0.1, -0.05) is 38.1 Å². The van der Waals surface area contributed by atoms with Crippen LogP contribution < -0.4 is 4.74 Å².